The molecule has 2 aliphatic heterocycles. The van der Waals surface area contributed by atoms with Gasteiger partial charge in [0.15, 0.2) is 5.82 Å². The lowest BCUT2D eigenvalue weighted by Crippen LogP contribution is -2.55. The van der Waals surface area contributed by atoms with E-state index in [0.29, 0.717) is 23.5 Å². The van der Waals surface area contributed by atoms with Crippen molar-refractivity contribution in [3.05, 3.63) is 70.9 Å². The van der Waals surface area contributed by atoms with Gasteiger partial charge < -0.3 is 5.32 Å². The molecule has 0 radical (unpaired) electrons. The summed E-state index contributed by atoms with van der Waals surface area (Å²) in [5.41, 5.74) is 1.56. The van der Waals surface area contributed by atoms with Gasteiger partial charge in [-0.1, -0.05) is 0 Å². The summed E-state index contributed by atoms with van der Waals surface area (Å²) in [6.07, 6.45) is 3.29. The van der Waals surface area contributed by atoms with Gasteiger partial charge in [0.05, 0.1) is 19.6 Å². The lowest BCUT2D eigenvalue weighted by atomic mass is 10.1. The summed E-state index contributed by atoms with van der Waals surface area (Å²) in [7, 11) is 0. The summed E-state index contributed by atoms with van der Waals surface area (Å²) in [5.74, 6) is -7.17. The molecule has 0 bridgehead atoms. The fourth-order valence-electron chi connectivity index (χ4n) is 3.86. The standard InChI is InChI=1S/C22H19F5N6/c1-13-6-18(28-8-13)29-19-17-7-14(9-32-11-21(24,25)12-32)10-33(17)31-20(30-19)22(26,27)15-2-4-16(23)5-3-15/h2-7,10H,8-9,11-12H2,1H3,(H,28,29,30,31). The number of amidine groups is 1. The van der Waals surface area contributed by atoms with Gasteiger partial charge in [-0.05, 0) is 54.5 Å². The Labute approximate surface area is 185 Å². The average Bonchev–Trinajstić information content (AvgIpc) is 3.32. The molecule has 0 atom stereocenters. The molecule has 0 aliphatic carbocycles. The van der Waals surface area contributed by atoms with E-state index in [1.807, 2.05) is 6.92 Å². The van der Waals surface area contributed by atoms with Crippen molar-refractivity contribution in [1.82, 2.24) is 19.5 Å². The second-order valence-corrected chi connectivity index (χ2v) is 8.36. The van der Waals surface area contributed by atoms with Crippen LogP contribution in [0.25, 0.3) is 5.52 Å². The first kappa shape index (κ1) is 21.5. The third-order valence-electron chi connectivity index (χ3n) is 5.45. The highest BCUT2D eigenvalue weighted by Gasteiger charge is 2.43. The van der Waals surface area contributed by atoms with Crippen LogP contribution in [-0.2, 0) is 12.5 Å². The molecule has 172 valence electrons. The molecule has 0 spiro atoms. The number of hydrogen-bond donors (Lipinski definition) is 1. The minimum atomic E-state index is -3.61. The van der Waals surface area contributed by atoms with Gasteiger partial charge in [0.2, 0.25) is 5.82 Å². The summed E-state index contributed by atoms with van der Waals surface area (Å²) in [6, 6.07) is 5.52. The summed E-state index contributed by atoms with van der Waals surface area (Å²) in [5, 5.41) is 6.97. The number of nitrogens with one attached hydrogen (secondary N) is 1. The van der Waals surface area contributed by atoms with E-state index in [1.54, 1.807) is 17.0 Å². The number of fused-ring (bicyclic) bond motifs is 1. The van der Waals surface area contributed by atoms with E-state index in [-0.39, 0.29) is 25.5 Å². The van der Waals surface area contributed by atoms with Gasteiger partial charge in [-0.15, -0.1) is 5.10 Å². The minimum absolute atomic E-state index is 0.103. The van der Waals surface area contributed by atoms with Crippen LogP contribution in [0.4, 0.5) is 27.8 Å². The number of likely N-dealkylation sites (tertiary alicyclic amines) is 1. The predicted molar refractivity (Wildman–Crippen MR) is 112 cm³/mol. The Morgan fingerprint density at radius 3 is 2.52 bits per heavy atom. The monoisotopic (exact) mass is 462 g/mol. The molecule has 33 heavy (non-hydrogen) atoms. The molecule has 0 amide bonds. The Hall–Kier alpha value is -3.34. The van der Waals surface area contributed by atoms with Crippen molar-refractivity contribution in [3.63, 3.8) is 0 Å². The van der Waals surface area contributed by atoms with Crippen molar-refractivity contribution in [2.24, 2.45) is 4.99 Å². The Morgan fingerprint density at radius 2 is 1.88 bits per heavy atom. The summed E-state index contributed by atoms with van der Waals surface area (Å²) in [4.78, 5) is 9.93. The van der Waals surface area contributed by atoms with E-state index in [4.69, 9.17) is 0 Å². The molecule has 3 aromatic rings. The molecule has 6 nitrogen and oxygen atoms in total. The number of anilines is 1. The fraction of sp³-hybridized carbons (Fsp3) is 0.318. The largest absolute Gasteiger partial charge is 0.333 e. The zero-order chi connectivity index (χ0) is 23.4. The highest BCUT2D eigenvalue weighted by Crippen LogP contribution is 2.35. The van der Waals surface area contributed by atoms with Gasteiger partial charge in [0, 0.05) is 18.3 Å². The Kier molecular flexibility index (Phi) is 4.96. The summed E-state index contributed by atoms with van der Waals surface area (Å²) >= 11 is 0. The highest BCUT2D eigenvalue weighted by atomic mass is 19.3. The molecule has 1 fully saturated rings. The number of rotatable bonds is 5. The van der Waals surface area contributed by atoms with Crippen LogP contribution < -0.4 is 5.32 Å². The van der Waals surface area contributed by atoms with E-state index < -0.39 is 29.1 Å². The molecule has 11 heteroatoms. The van der Waals surface area contributed by atoms with E-state index in [0.717, 1.165) is 29.8 Å². The molecular formula is C22H19F5N6. The van der Waals surface area contributed by atoms with Gasteiger partial charge in [0.25, 0.3) is 5.92 Å². The van der Waals surface area contributed by atoms with E-state index in [9.17, 15) is 13.2 Å². The lowest BCUT2D eigenvalue weighted by molar-refractivity contribution is -0.133. The molecule has 0 saturated carbocycles. The summed E-state index contributed by atoms with van der Waals surface area (Å²) < 4.78 is 71.4. The quantitative estimate of drug-likeness (QED) is 0.577. The van der Waals surface area contributed by atoms with Crippen molar-refractivity contribution in [3.8, 4) is 0 Å². The number of benzene rings is 1. The minimum Gasteiger partial charge on any atom is -0.323 e. The molecule has 2 aliphatic rings. The average molecular weight is 462 g/mol. The van der Waals surface area contributed by atoms with Crippen LogP contribution >= 0.6 is 0 Å². The number of hydrogen-bond acceptors (Lipinski definition) is 5. The molecule has 5 rings (SSSR count). The number of halogens is 5. The van der Waals surface area contributed by atoms with Crippen LogP contribution in [-0.4, -0.2) is 50.9 Å². The van der Waals surface area contributed by atoms with Crippen molar-refractivity contribution in [1.29, 1.82) is 0 Å². The van der Waals surface area contributed by atoms with Gasteiger partial charge in [-0.3, -0.25) is 9.89 Å². The van der Waals surface area contributed by atoms with Gasteiger partial charge in [-0.2, -0.15) is 8.78 Å². The van der Waals surface area contributed by atoms with Crippen LogP contribution in [0.15, 0.2) is 53.2 Å². The van der Waals surface area contributed by atoms with Crippen molar-refractivity contribution < 1.29 is 22.0 Å². The SMILES string of the molecule is CC1=CC(Nc2nc(C(F)(F)c3ccc(F)cc3)nn3cc(CN4CC(F)(F)C4)cc23)=NC1. The van der Waals surface area contributed by atoms with E-state index >= 15 is 8.78 Å². The molecule has 1 saturated heterocycles. The molecule has 4 heterocycles. The molecule has 1 aromatic carbocycles. The number of nitrogens with zero attached hydrogens (tertiary/aromatic N) is 5. The predicted octanol–water partition coefficient (Wildman–Crippen LogP) is 4.23. The lowest BCUT2D eigenvalue weighted by Gasteiger charge is -2.38. The molecule has 1 N–H and O–H groups in total. The number of aliphatic imine (C=N–C) groups is 1. The van der Waals surface area contributed by atoms with Crippen LogP contribution in [0.1, 0.15) is 23.9 Å². The van der Waals surface area contributed by atoms with Crippen molar-refractivity contribution in [2.45, 2.75) is 25.3 Å². The maximum atomic E-state index is 15.2. The second kappa shape index (κ2) is 7.62. The van der Waals surface area contributed by atoms with Gasteiger partial charge >= 0.3 is 5.92 Å². The molecule has 0 unspecified atom stereocenters. The van der Waals surface area contributed by atoms with Crippen molar-refractivity contribution in [2.75, 3.05) is 25.0 Å². The van der Waals surface area contributed by atoms with Crippen LogP contribution in [0.5, 0.6) is 0 Å². The van der Waals surface area contributed by atoms with Crippen molar-refractivity contribution >= 4 is 17.2 Å². The van der Waals surface area contributed by atoms with Crippen LogP contribution in [0.3, 0.4) is 0 Å². The number of alkyl halides is 4. The first-order chi connectivity index (χ1) is 15.6. The Morgan fingerprint density at radius 1 is 1.15 bits per heavy atom. The molecule has 2 aromatic heterocycles. The Bertz CT molecular complexity index is 1270. The Balaban J connectivity index is 1.54. The maximum absolute atomic E-state index is 15.2. The van der Waals surface area contributed by atoms with E-state index in [2.05, 4.69) is 20.4 Å². The number of aromatic nitrogens is 3. The fourth-order valence-corrected chi connectivity index (χ4v) is 3.86. The van der Waals surface area contributed by atoms with Crippen LogP contribution in [0, 0.1) is 5.82 Å². The first-order valence-corrected chi connectivity index (χ1v) is 10.2. The smallest absolute Gasteiger partial charge is 0.323 e. The maximum Gasteiger partial charge on any atom is 0.333 e. The molecular weight excluding hydrogens is 443 g/mol. The highest BCUT2D eigenvalue weighted by molar-refractivity contribution is 6.06. The first-order valence-electron chi connectivity index (χ1n) is 10.2. The normalized spacial score (nSPS) is 18.2. The van der Waals surface area contributed by atoms with E-state index in [1.165, 1.54) is 10.7 Å². The van der Waals surface area contributed by atoms with Gasteiger partial charge in [0.1, 0.15) is 17.2 Å². The van der Waals surface area contributed by atoms with Gasteiger partial charge in [-0.25, -0.2) is 22.7 Å². The zero-order valence-electron chi connectivity index (χ0n) is 17.5. The summed E-state index contributed by atoms with van der Waals surface area (Å²) in [6.45, 7) is 1.88. The third-order valence-corrected chi connectivity index (χ3v) is 5.45. The topological polar surface area (TPSA) is 57.8 Å². The van der Waals surface area contributed by atoms with Crippen LogP contribution in [0.2, 0.25) is 0 Å². The second-order valence-electron chi connectivity index (χ2n) is 8.36. The third kappa shape index (κ3) is 4.20. The zero-order valence-corrected chi connectivity index (χ0v) is 17.5.